The van der Waals surface area contributed by atoms with Gasteiger partial charge in [-0.05, 0) is 5.92 Å². The Kier molecular flexibility index (Phi) is 5.86. The van der Waals surface area contributed by atoms with Gasteiger partial charge in [0.15, 0.2) is 12.8 Å². The van der Waals surface area contributed by atoms with Crippen molar-refractivity contribution in [2.75, 3.05) is 6.61 Å². The molecular formula is C16H20FN3O7. The zero-order valence-corrected chi connectivity index (χ0v) is 14.6. The maximum atomic E-state index is 14.9. The van der Waals surface area contributed by atoms with E-state index >= 15 is 0 Å². The molecular weight excluding hydrogens is 365 g/mol. The van der Waals surface area contributed by atoms with Gasteiger partial charge in [-0.2, -0.15) is 0 Å². The van der Waals surface area contributed by atoms with Crippen molar-refractivity contribution < 1.29 is 28.9 Å². The molecule has 1 aliphatic heterocycles. The number of alkyl halides is 1. The number of H-pyrrole nitrogens is 1. The van der Waals surface area contributed by atoms with Crippen LogP contribution in [-0.4, -0.2) is 56.4 Å². The van der Waals surface area contributed by atoms with Crippen LogP contribution >= 0.6 is 0 Å². The zero-order valence-electron chi connectivity index (χ0n) is 14.6. The molecule has 1 aliphatic rings. The Morgan fingerprint density at radius 1 is 1.56 bits per heavy atom. The van der Waals surface area contributed by atoms with Gasteiger partial charge < -0.3 is 25.4 Å². The third-order valence-electron chi connectivity index (χ3n) is 4.17. The molecule has 0 aliphatic carbocycles. The molecule has 1 aromatic rings. The van der Waals surface area contributed by atoms with E-state index in [-0.39, 0.29) is 11.5 Å². The lowest BCUT2D eigenvalue weighted by Crippen LogP contribution is -2.46. The summed E-state index contributed by atoms with van der Waals surface area (Å²) in [5.41, 5.74) is 3.42. The molecule has 0 spiro atoms. The lowest BCUT2D eigenvalue weighted by molar-refractivity contribution is -0.217. The number of aromatic nitrogens is 2. The molecule has 11 heteroatoms. The minimum absolute atomic E-state index is 0.273. The second-order valence-electron chi connectivity index (χ2n) is 6.46. The Morgan fingerprint density at radius 2 is 2.19 bits per heavy atom. The molecule has 148 valence electrons. The summed E-state index contributed by atoms with van der Waals surface area (Å²) in [5, 5.41) is 20.1. The fourth-order valence-corrected chi connectivity index (χ4v) is 2.41. The molecule has 0 amide bonds. The van der Waals surface area contributed by atoms with Crippen LogP contribution in [0.2, 0.25) is 0 Å². The second-order valence-corrected chi connectivity index (χ2v) is 6.46. The molecule has 1 aromatic heterocycles. The highest BCUT2D eigenvalue weighted by Crippen LogP contribution is 2.38. The smallest absolute Gasteiger partial charge is 0.330 e. The number of ether oxygens (including phenoxy) is 2. The van der Waals surface area contributed by atoms with Crippen molar-refractivity contribution in [2.24, 2.45) is 11.7 Å². The third kappa shape index (κ3) is 3.93. The van der Waals surface area contributed by atoms with Gasteiger partial charge in [0, 0.05) is 6.20 Å². The van der Waals surface area contributed by atoms with Crippen LogP contribution in [0.4, 0.5) is 4.39 Å². The van der Waals surface area contributed by atoms with Crippen molar-refractivity contribution in [1.82, 2.24) is 9.55 Å². The van der Waals surface area contributed by atoms with E-state index in [0.29, 0.717) is 4.57 Å². The molecule has 0 radical (unpaired) electrons. The summed E-state index contributed by atoms with van der Waals surface area (Å²) in [7, 11) is 0. The van der Waals surface area contributed by atoms with Crippen molar-refractivity contribution in [1.29, 1.82) is 0 Å². The van der Waals surface area contributed by atoms with E-state index < -0.39 is 54.2 Å². The van der Waals surface area contributed by atoms with Crippen molar-refractivity contribution >= 4 is 5.97 Å². The maximum Gasteiger partial charge on any atom is 0.330 e. The first kappa shape index (κ1) is 20.8. The maximum absolute atomic E-state index is 14.9. The van der Waals surface area contributed by atoms with Crippen LogP contribution in [0.5, 0.6) is 0 Å². The topological polar surface area (TPSA) is 157 Å². The molecule has 5 atom stereocenters. The summed E-state index contributed by atoms with van der Waals surface area (Å²) in [5.74, 6) is -2.20. The fraction of sp³-hybridized carbons (Fsp3) is 0.562. The summed E-state index contributed by atoms with van der Waals surface area (Å²) >= 11 is 0. The third-order valence-corrected chi connectivity index (χ3v) is 4.17. The van der Waals surface area contributed by atoms with Crippen LogP contribution in [0.3, 0.4) is 0 Å². The van der Waals surface area contributed by atoms with Crippen molar-refractivity contribution in [3.63, 3.8) is 0 Å². The molecule has 0 aromatic carbocycles. The van der Waals surface area contributed by atoms with Gasteiger partial charge in [0.1, 0.15) is 23.8 Å². The van der Waals surface area contributed by atoms with E-state index in [0.717, 1.165) is 6.20 Å². The van der Waals surface area contributed by atoms with Crippen molar-refractivity contribution in [3.05, 3.63) is 32.6 Å². The number of hydrogen-bond acceptors (Lipinski definition) is 8. The quantitative estimate of drug-likeness (QED) is 0.334. The number of nitrogens with zero attached hydrogens (tertiary/aromatic N) is 1. The molecule has 5 N–H and O–H groups in total. The number of carbonyl (C=O) groups is 1. The lowest BCUT2D eigenvalue weighted by atomic mass is 10.1. The number of aliphatic hydroxyl groups is 2. The number of nitrogens with two attached hydrogens (primary N) is 1. The molecule has 1 saturated heterocycles. The van der Waals surface area contributed by atoms with E-state index in [9.17, 15) is 29.0 Å². The summed E-state index contributed by atoms with van der Waals surface area (Å²) in [4.78, 5) is 37.1. The number of carbonyl (C=O) groups excluding carboxylic acids is 1. The standard InChI is InChI=1S/C16H20FN3O7/c1-4-8-5-20(15(25)19-12(8)23)13-10(21)11(22)16(17,27-13)6-26-14(24)9(18)7(2)3/h1,5,7,9-11,13,21-22H,6,18H2,2-3H3,(H,19,23,25)/t9-,10+,11-,13+,16+/m0/s1. The predicted molar refractivity (Wildman–Crippen MR) is 89.0 cm³/mol. The van der Waals surface area contributed by atoms with E-state index in [1.54, 1.807) is 13.8 Å². The molecule has 1 fully saturated rings. The number of aromatic amines is 1. The molecule has 10 nitrogen and oxygen atoms in total. The second kappa shape index (κ2) is 7.61. The summed E-state index contributed by atoms with van der Waals surface area (Å²) in [6, 6.07) is -1.02. The van der Waals surface area contributed by atoms with Crippen molar-refractivity contribution in [3.8, 4) is 12.3 Å². The van der Waals surface area contributed by atoms with Crippen LogP contribution in [0, 0.1) is 18.3 Å². The zero-order chi connectivity index (χ0) is 20.5. The number of rotatable bonds is 5. The van der Waals surface area contributed by atoms with Gasteiger partial charge in [0.05, 0.1) is 0 Å². The highest BCUT2D eigenvalue weighted by molar-refractivity contribution is 5.75. The minimum atomic E-state index is -3.01. The predicted octanol–water partition coefficient (Wildman–Crippen LogP) is -2.04. The summed E-state index contributed by atoms with van der Waals surface area (Å²) < 4.78 is 25.3. The average Bonchev–Trinajstić information content (AvgIpc) is 2.84. The Labute approximate surface area is 152 Å². The number of esters is 1. The molecule has 2 rings (SSSR count). The van der Waals surface area contributed by atoms with Crippen LogP contribution in [0.25, 0.3) is 0 Å². The molecule has 27 heavy (non-hydrogen) atoms. The van der Waals surface area contributed by atoms with Gasteiger partial charge in [0.25, 0.3) is 11.4 Å². The highest BCUT2D eigenvalue weighted by Gasteiger charge is 2.57. The fourth-order valence-electron chi connectivity index (χ4n) is 2.41. The minimum Gasteiger partial charge on any atom is -0.458 e. The first-order valence-corrected chi connectivity index (χ1v) is 7.99. The van der Waals surface area contributed by atoms with E-state index in [1.807, 2.05) is 10.9 Å². The Bertz CT molecular complexity index is 874. The van der Waals surface area contributed by atoms with Crippen LogP contribution in [-0.2, 0) is 14.3 Å². The first-order chi connectivity index (χ1) is 12.5. The number of aliphatic hydroxyl groups excluding tert-OH is 2. The van der Waals surface area contributed by atoms with Crippen LogP contribution in [0.1, 0.15) is 25.6 Å². The van der Waals surface area contributed by atoms with Gasteiger partial charge in [-0.15, -0.1) is 6.42 Å². The summed E-state index contributed by atoms with van der Waals surface area (Å²) in [6.07, 6.45) is 0.227. The van der Waals surface area contributed by atoms with Gasteiger partial charge in [0.2, 0.25) is 0 Å². The Balaban J connectivity index is 2.25. The average molecular weight is 385 g/mol. The number of terminal acetylenes is 1. The summed E-state index contributed by atoms with van der Waals surface area (Å²) in [6.45, 7) is 2.24. The van der Waals surface area contributed by atoms with E-state index in [2.05, 4.69) is 0 Å². The van der Waals surface area contributed by atoms with Crippen LogP contribution < -0.4 is 17.0 Å². The van der Waals surface area contributed by atoms with E-state index in [4.69, 9.17) is 21.6 Å². The molecule has 0 unspecified atom stereocenters. The lowest BCUT2D eigenvalue weighted by Gasteiger charge is -2.24. The van der Waals surface area contributed by atoms with E-state index in [1.165, 1.54) is 0 Å². The largest absolute Gasteiger partial charge is 0.458 e. The number of halogens is 1. The van der Waals surface area contributed by atoms with Crippen molar-refractivity contribution in [2.45, 2.75) is 44.2 Å². The van der Waals surface area contributed by atoms with Crippen LogP contribution in [0.15, 0.2) is 15.8 Å². The van der Waals surface area contributed by atoms with Gasteiger partial charge in [-0.25, -0.2) is 9.18 Å². The molecule has 0 bridgehead atoms. The Hall–Kier alpha value is -2.52. The van der Waals surface area contributed by atoms with Gasteiger partial charge >= 0.3 is 11.7 Å². The molecule has 0 saturated carbocycles. The number of hydrogen-bond donors (Lipinski definition) is 4. The first-order valence-electron chi connectivity index (χ1n) is 7.99. The Morgan fingerprint density at radius 3 is 2.74 bits per heavy atom. The normalized spacial score (nSPS) is 28.7. The SMILES string of the molecule is C#Cc1cn([C@@H]2O[C@](F)(COC(=O)[C@@H](N)C(C)C)[C@@H](O)[C@H]2O)c(=O)[nH]c1=O. The highest BCUT2D eigenvalue weighted by atomic mass is 19.2. The van der Waals surface area contributed by atoms with Gasteiger partial charge in [-0.3, -0.25) is 19.1 Å². The number of nitrogens with one attached hydrogen (secondary N) is 1. The van der Waals surface area contributed by atoms with Gasteiger partial charge in [-0.1, -0.05) is 19.8 Å². The molecule has 2 heterocycles. The monoisotopic (exact) mass is 385 g/mol.